The SMILES string of the molecule is CNCCC(Oc1cccc2c1O[C@@H](c1ccccc1)CC2=O)c1ccccc1. The third-order valence-electron chi connectivity index (χ3n) is 5.18. The molecule has 0 radical (unpaired) electrons. The Kier molecular flexibility index (Phi) is 5.92. The van der Waals surface area contributed by atoms with Crippen LogP contribution < -0.4 is 14.8 Å². The molecule has 148 valence electrons. The van der Waals surface area contributed by atoms with Gasteiger partial charge in [0.2, 0.25) is 0 Å². The molecule has 0 aliphatic carbocycles. The maximum absolute atomic E-state index is 12.8. The number of fused-ring (bicyclic) bond motifs is 1. The van der Waals surface area contributed by atoms with Gasteiger partial charge >= 0.3 is 0 Å². The van der Waals surface area contributed by atoms with E-state index >= 15 is 0 Å². The van der Waals surface area contributed by atoms with Crippen LogP contribution in [0.15, 0.2) is 78.9 Å². The predicted molar refractivity (Wildman–Crippen MR) is 114 cm³/mol. The summed E-state index contributed by atoms with van der Waals surface area (Å²) in [7, 11) is 1.93. The number of ketones is 1. The van der Waals surface area contributed by atoms with Crippen LogP contribution in [0.5, 0.6) is 11.5 Å². The second kappa shape index (κ2) is 8.93. The lowest BCUT2D eigenvalue weighted by Crippen LogP contribution is -2.22. The molecule has 1 N–H and O–H groups in total. The smallest absolute Gasteiger partial charge is 0.172 e. The van der Waals surface area contributed by atoms with Crippen LogP contribution in [-0.2, 0) is 0 Å². The van der Waals surface area contributed by atoms with Crippen molar-refractivity contribution in [2.45, 2.75) is 25.0 Å². The summed E-state index contributed by atoms with van der Waals surface area (Å²) < 4.78 is 12.7. The van der Waals surface area contributed by atoms with Crippen molar-refractivity contribution in [3.63, 3.8) is 0 Å². The second-order valence-corrected chi connectivity index (χ2v) is 7.19. The van der Waals surface area contributed by atoms with E-state index in [4.69, 9.17) is 9.47 Å². The number of hydrogen-bond donors (Lipinski definition) is 1. The van der Waals surface area contributed by atoms with Gasteiger partial charge in [-0.1, -0.05) is 66.7 Å². The molecule has 0 bridgehead atoms. The molecule has 0 fully saturated rings. The highest BCUT2D eigenvalue weighted by Crippen LogP contribution is 2.42. The van der Waals surface area contributed by atoms with Gasteiger partial charge in [0.1, 0.15) is 12.2 Å². The quantitative estimate of drug-likeness (QED) is 0.611. The molecule has 3 aromatic rings. The molecule has 29 heavy (non-hydrogen) atoms. The first-order valence-corrected chi connectivity index (χ1v) is 10.0. The fraction of sp³-hybridized carbons (Fsp3) is 0.240. The van der Waals surface area contributed by atoms with E-state index in [1.807, 2.05) is 73.8 Å². The lowest BCUT2D eigenvalue weighted by molar-refractivity contribution is 0.0829. The lowest BCUT2D eigenvalue weighted by Gasteiger charge is -2.28. The number of carbonyl (C=O) groups excluding carboxylic acids is 1. The third kappa shape index (κ3) is 4.33. The molecule has 2 atom stereocenters. The zero-order valence-electron chi connectivity index (χ0n) is 16.5. The van der Waals surface area contributed by atoms with Gasteiger partial charge in [-0.2, -0.15) is 0 Å². The first-order chi connectivity index (χ1) is 14.3. The van der Waals surface area contributed by atoms with Crippen molar-refractivity contribution in [3.05, 3.63) is 95.6 Å². The topological polar surface area (TPSA) is 47.6 Å². The van der Waals surface area contributed by atoms with E-state index in [0.29, 0.717) is 23.5 Å². The number of Topliss-reactive ketones (excluding diaryl/α,β-unsaturated/α-hetero) is 1. The van der Waals surface area contributed by atoms with Gasteiger partial charge in [0.15, 0.2) is 17.3 Å². The Hall–Kier alpha value is -3.11. The molecule has 1 aliphatic heterocycles. The zero-order chi connectivity index (χ0) is 20.1. The van der Waals surface area contributed by atoms with Crippen LogP contribution in [0.3, 0.4) is 0 Å². The Morgan fingerprint density at radius 2 is 1.72 bits per heavy atom. The molecule has 3 aromatic carbocycles. The molecule has 0 spiro atoms. The number of benzene rings is 3. The summed E-state index contributed by atoms with van der Waals surface area (Å²) in [6.07, 6.45) is 0.710. The third-order valence-corrected chi connectivity index (χ3v) is 5.18. The summed E-state index contributed by atoms with van der Waals surface area (Å²) in [5, 5.41) is 3.19. The number of rotatable bonds is 7. The summed E-state index contributed by atoms with van der Waals surface area (Å²) in [6, 6.07) is 25.6. The van der Waals surface area contributed by atoms with E-state index < -0.39 is 0 Å². The number of hydrogen-bond acceptors (Lipinski definition) is 4. The number of nitrogens with one attached hydrogen (secondary N) is 1. The highest BCUT2D eigenvalue weighted by atomic mass is 16.5. The molecule has 0 saturated carbocycles. The Balaban J connectivity index is 1.65. The normalized spacial score (nSPS) is 16.6. The van der Waals surface area contributed by atoms with Crippen LogP contribution in [0.2, 0.25) is 0 Å². The van der Waals surface area contributed by atoms with Gasteiger partial charge in [-0.15, -0.1) is 0 Å². The number of para-hydroxylation sites is 1. The Bertz CT molecular complexity index is 956. The summed E-state index contributed by atoms with van der Waals surface area (Å²) in [6.45, 7) is 0.820. The molecule has 1 unspecified atom stereocenters. The first kappa shape index (κ1) is 19.2. The van der Waals surface area contributed by atoms with E-state index in [0.717, 1.165) is 24.1 Å². The average molecular weight is 387 g/mol. The summed E-state index contributed by atoms with van der Waals surface area (Å²) in [5.74, 6) is 1.24. The van der Waals surface area contributed by atoms with Crippen molar-refractivity contribution < 1.29 is 14.3 Å². The minimum Gasteiger partial charge on any atom is -0.482 e. The first-order valence-electron chi connectivity index (χ1n) is 10.0. The number of carbonyl (C=O) groups is 1. The van der Waals surface area contributed by atoms with Gasteiger partial charge in [0, 0.05) is 6.42 Å². The summed E-state index contributed by atoms with van der Waals surface area (Å²) >= 11 is 0. The van der Waals surface area contributed by atoms with Crippen LogP contribution in [0.4, 0.5) is 0 Å². The van der Waals surface area contributed by atoms with Gasteiger partial charge in [-0.25, -0.2) is 0 Å². The maximum Gasteiger partial charge on any atom is 0.172 e. The van der Waals surface area contributed by atoms with Crippen molar-refractivity contribution in [1.29, 1.82) is 0 Å². The van der Waals surface area contributed by atoms with Crippen LogP contribution >= 0.6 is 0 Å². The average Bonchev–Trinajstić information content (AvgIpc) is 2.78. The highest BCUT2D eigenvalue weighted by Gasteiger charge is 2.30. The molecule has 0 aromatic heterocycles. The molecule has 4 nitrogen and oxygen atoms in total. The van der Waals surface area contributed by atoms with Crippen molar-refractivity contribution >= 4 is 5.78 Å². The van der Waals surface area contributed by atoms with E-state index in [1.165, 1.54) is 0 Å². The van der Waals surface area contributed by atoms with E-state index in [2.05, 4.69) is 17.4 Å². The van der Waals surface area contributed by atoms with Gasteiger partial charge in [0.25, 0.3) is 0 Å². The predicted octanol–water partition coefficient (Wildman–Crippen LogP) is 5.12. The summed E-state index contributed by atoms with van der Waals surface area (Å²) in [4.78, 5) is 12.8. The number of ether oxygens (including phenoxy) is 2. The molecule has 1 aliphatic rings. The van der Waals surface area contributed by atoms with E-state index in [9.17, 15) is 4.79 Å². The van der Waals surface area contributed by atoms with Crippen LogP contribution in [0.25, 0.3) is 0 Å². The maximum atomic E-state index is 12.8. The van der Waals surface area contributed by atoms with Crippen molar-refractivity contribution in [3.8, 4) is 11.5 Å². The Morgan fingerprint density at radius 1 is 1.00 bits per heavy atom. The molecular weight excluding hydrogens is 362 g/mol. The van der Waals surface area contributed by atoms with Crippen LogP contribution in [-0.4, -0.2) is 19.4 Å². The lowest BCUT2D eigenvalue weighted by atomic mass is 9.96. The van der Waals surface area contributed by atoms with E-state index in [-0.39, 0.29) is 18.0 Å². The van der Waals surface area contributed by atoms with Gasteiger partial charge in [0.05, 0.1) is 12.0 Å². The fourth-order valence-corrected chi connectivity index (χ4v) is 3.66. The second-order valence-electron chi connectivity index (χ2n) is 7.19. The van der Waals surface area contributed by atoms with E-state index in [1.54, 1.807) is 0 Å². The minimum atomic E-state index is -0.298. The Morgan fingerprint density at radius 3 is 2.45 bits per heavy atom. The molecule has 1 heterocycles. The van der Waals surface area contributed by atoms with Gasteiger partial charge in [-0.05, 0) is 36.9 Å². The standard InChI is InChI=1S/C25H25NO3/c1-26-16-15-22(18-9-4-2-5-10-18)28-23-14-8-13-20-21(27)17-24(29-25(20)23)19-11-6-3-7-12-19/h2-14,22,24,26H,15-17H2,1H3/t22?,24-/m1/s1. The largest absolute Gasteiger partial charge is 0.482 e. The molecule has 4 heteroatoms. The minimum absolute atomic E-state index is 0.0806. The molecule has 4 rings (SSSR count). The van der Waals surface area contributed by atoms with Crippen molar-refractivity contribution in [1.82, 2.24) is 5.32 Å². The Labute approximate surface area is 171 Å². The highest BCUT2D eigenvalue weighted by molar-refractivity contribution is 6.00. The molecular formula is C25H25NO3. The van der Waals surface area contributed by atoms with Crippen molar-refractivity contribution in [2.24, 2.45) is 0 Å². The van der Waals surface area contributed by atoms with Gasteiger partial charge < -0.3 is 14.8 Å². The molecule has 0 amide bonds. The van der Waals surface area contributed by atoms with Crippen LogP contribution in [0.1, 0.15) is 46.5 Å². The zero-order valence-corrected chi connectivity index (χ0v) is 16.5. The fourth-order valence-electron chi connectivity index (χ4n) is 3.66. The summed E-state index contributed by atoms with van der Waals surface area (Å²) in [5.41, 5.74) is 2.69. The van der Waals surface area contributed by atoms with Gasteiger partial charge in [-0.3, -0.25) is 4.79 Å². The monoisotopic (exact) mass is 387 g/mol. The van der Waals surface area contributed by atoms with Crippen molar-refractivity contribution in [2.75, 3.05) is 13.6 Å². The van der Waals surface area contributed by atoms with Crippen LogP contribution in [0, 0.1) is 0 Å². The molecule has 0 saturated heterocycles.